The van der Waals surface area contributed by atoms with Crippen molar-refractivity contribution in [1.82, 2.24) is 15.5 Å². The van der Waals surface area contributed by atoms with Gasteiger partial charge in [-0.15, -0.1) is 22.6 Å². The van der Waals surface area contributed by atoms with Crippen LogP contribution in [0.15, 0.2) is 22.8 Å². The maximum Gasteiger partial charge on any atom is 0.229 e. The number of halogens is 1. The van der Waals surface area contributed by atoms with Crippen LogP contribution in [0.5, 0.6) is 0 Å². The first-order valence-electron chi connectivity index (χ1n) is 6.22. The maximum absolute atomic E-state index is 12.0. The second-order valence-electron chi connectivity index (χ2n) is 4.40. The molecular formula is C12H15ClN4O2S. The third-order valence-corrected chi connectivity index (χ3v) is 3.95. The Morgan fingerprint density at radius 3 is 2.90 bits per heavy atom. The summed E-state index contributed by atoms with van der Waals surface area (Å²) < 4.78 is 5.24. The SMILES string of the molecule is Cl.O=C(Nc1nnc(-c2ccco2)s1)C1CCNCC1. The Morgan fingerprint density at radius 1 is 1.40 bits per heavy atom. The number of nitrogens with zero attached hydrogens (tertiary/aromatic N) is 2. The predicted molar refractivity (Wildman–Crippen MR) is 79.1 cm³/mol. The van der Waals surface area contributed by atoms with Gasteiger partial charge in [-0.05, 0) is 38.1 Å². The molecule has 0 bridgehead atoms. The first-order valence-corrected chi connectivity index (χ1v) is 7.03. The number of carbonyl (C=O) groups is 1. The average molecular weight is 315 g/mol. The van der Waals surface area contributed by atoms with E-state index in [2.05, 4.69) is 20.8 Å². The second-order valence-corrected chi connectivity index (χ2v) is 5.38. The minimum atomic E-state index is 0. The van der Waals surface area contributed by atoms with Gasteiger partial charge >= 0.3 is 0 Å². The monoisotopic (exact) mass is 314 g/mol. The summed E-state index contributed by atoms with van der Waals surface area (Å²) in [6.45, 7) is 1.79. The molecule has 1 fully saturated rings. The first-order chi connectivity index (χ1) is 9.33. The van der Waals surface area contributed by atoms with E-state index in [-0.39, 0.29) is 24.2 Å². The van der Waals surface area contributed by atoms with Gasteiger partial charge in [0.1, 0.15) is 0 Å². The quantitative estimate of drug-likeness (QED) is 0.907. The van der Waals surface area contributed by atoms with Gasteiger partial charge in [-0.2, -0.15) is 0 Å². The van der Waals surface area contributed by atoms with E-state index in [9.17, 15) is 4.79 Å². The summed E-state index contributed by atoms with van der Waals surface area (Å²) in [5, 5.41) is 15.2. The van der Waals surface area contributed by atoms with Gasteiger partial charge in [0, 0.05) is 5.92 Å². The average Bonchev–Trinajstić information content (AvgIpc) is 3.10. The van der Waals surface area contributed by atoms with Gasteiger partial charge in [-0.1, -0.05) is 11.3 Å². The van der Waals surface area contributed by atoms with Crippen LogP contribution in [0, 0.1) is 5.92 Å². The molecule has 1 amide bonds. The molecule has 0 spiro atoms. The van der Waals surface area contributed by atoms with Crippen LogP contribution in [0.4, 0.5) is 5.13 Å². The lowest BCUT2D eigenvalue weighted by Crippen LogP contribution is -2.34. The fourth-order valence-corrected chi connectivity index (χ4v) is 2.78. The van der Waals surface area contributed by atoms with Crippen LogP contribution in [-0.2, 0) is 4.79 Å². The Labute approximate surface area is 126 Å². The Bertz CT molecular complexity index is 552. The van der Waals surface area contributed by atoms with Gasteiger partial charge in [0.15, 0.2) is 10.8 Å². The van der Waals surface area contributed by atoms with Crippen molar-refractivity contribution in [3.63, 3.8) is 0 Å². The number of anilines is 1. The second kappa shape index (κ2) is 6.83. The molecule has 3 rings (SSSR count). The minimum absolute atomic E-state index is 0. The van der Waals surface area contributed by atoms with Crippen molar-refractivity contribution in [1.29, 1.82) is 0 Å². The smallest absolute Gasteiger partial charge is 0.229 e. The molecule has 0 unspecified atom stereocenters. The molecule has 1 saturated heterocycles. The van der Waals surface area contributed by atoms with Gasteiger partial charge in [0.05, 0.1) is 6.26 Å². The minimum Gasteiger partial charge on any atom is -0.462 e. The zero-order valence-corrected chi connectivity index (χ0v) is 12.3. The number of piperidine rings is 1. The van der Waals surface area contributed by atoms with Gasteiger partial charge in [-0.25, -0.2) is 0 Å². The highest BCUT2D eigenvalue weighted by Crippen LogP contribution is 2.27. The Kier molecular flexibility index (Phi) is 5.11. The molecule has 2 aromatic rings. The lowest BCUT2D eigenvalue weighted by molar-refractivity contribution is -0.120. The van der Waals surface area contributed by atoms with Crippen molar-refractivity contribution < 1.29 is 9.21 Å². The topological polar surface area (TPSA) is 80.1 Å². The van der Waals surface area contributed by atoms with E-state index in [0.29, 0.717) is 15.9 Å². The summed E-state index contributed by atoms with van der Waals surface area (Å²) in [5.74, 6) is 0.765. The number of rotatable bonds is 3. The lowest BCUT2D eigenvalue weighted by Gasteiger charge is -2.20. The molecule has 0 saturated carbocycles. The first kappa shape index (κ1) is 15.0. The van der Waals surface area contributed by atoms with Crippen LogP contribution >= 0.6 is 23.7 Å². The molecule has 1 aliphatic rings. The standard InChI is InChI=1S/C12H14N4O2S.ClH/c17-10(8-3-5-13-6-4-8)14-12-16-15-11(19-12)9-2-1-7-18-9;/h1-2,7-8,13H,3-6H2,(H,14,16,17);1H. The molecular weight excluding hydrogens is 300 g/mol. The Hall–Kier alpha value is -1.44. The van der Waals surface area contributed by atoms with Crippen molar-refractivity contribution in [2.45, 2.75) is 12.8 Å². The van der Waals surface area contributed by atoms with Crippen LogP contribution in [-0.4, -0.2) is 29.2 Å². The number of amides is 1. The summed E-state index contributed by atoms with van der Waals surface area (Å²) in [7, 11) is 0. The van der Waals surface area contributed by atoms with Gasteiger partial charge in [0.2, 0.25) is 11.0 Å². The summed E-state index contributed by atoms with van der Waals surface area (Å²) in [6.07, 6.45) is 3.33. The normalized spacial score (nSPS) is 15.6. The molecule has 0 aliphatic carbocycles. The van der Waals surface area contributed by atoms with Crippen molar-refractivity contribution in [3.8, 4) is 10.8 Å². The molecule has 1 aliphatic heterocycles. The number of furan rings is 1. The van der Waals surface area contributed by atoms with Crippen molar-refractivity contribution in [2.75, 3.05) is 18.4 Å². The number of hydrogen-bond donors (Lipinski definition) is 2. The molecule has 2 N–H and O–H groups in total. The molecule has 2 aromatic heterocycles. The highest BCUT2D eigenvalue weighted by Gasteiger charge is 2.22. The number of nitrogens with one attached hydrogen (secondary N) is 2. The van der Waals surface area contributed by atoms with Crippen molar-refractivity contribution >= 4 is 34.8 Å². The van der Waals surface area contributed by atoms with E-state index in [1.165, 1.54) is 11.3 Å². The Balaban J connectivity index is 0.00000147. The van der Waals surface area contributed by atoms with Crippen molar-refractivity contribution in [2.24, 2.45) is 5.92 Å². The van der Waals surface area contributed by atoms with Crippen LogP contribution in [0.1, 0.15) is 12.8 Å². The van der Waals surface area contributed by atoms with E-state index in [1.54, 1.807) is 12.3 Å². The van der Waals surface area contributed by atoms with E-state index in [4.69, 9.17) is 4.42 Å². The number of aromatic nitrogens is 2. The molecule has 8 heteroatoms. The van der Waals surface area contributed by atoms with Gasteiger partial charge in [0.25, 0.3) is 0 Å². The zero-order valence-electron chi connectivity index (χ0n) is 10.7. The fraction of sp³-hybridized carbons (Fsp3) is 0.417. The fourth-order valence-electron chi connectivity index (χ4n) is 2.07. The van der Waals surface area contributed by atoms with Crippen LogP contribution < -0.4 is 10.6 Å². The molecule has 0 radical (unpaired) electrons. The van der Waals surface area contributed by atoms with Gasteiger partial charge < -0.3 is 15.1 Å². The molecule has 108 valence electrons. The van der Waals surface area contributed by atoms with Crippen LogP contribution in [0.2, 0.25) is 0 Å². The Morgan fingerprint density at radius 2 is 2.20 bits per heavy atom. The molecule has 3 heterocycles. The summed E-state index contributed by atoms with van der Waals surface area (Å²) >= 11 is 1.32. The predicted octanol–water partition coefficient (Wildman–Crippen LogP) is 2.16. The van der Waals surface area contributed by atoms with E-state index < -0.39 is 0 Å². The highest BCUT2D eigenvalue weighted by atomic mass is 35.5. The van der Waals surface area contributed by atoms with E-state index in [1.807, 2.05) is 6.07 Å². The maximum atomic E-state index is 12.0. The highest BCUT2D eigenvalue weighted by molar-refractivity contribution is 7.18. The molecule has 20 heavy (non-hydrogen) atoms. The van der Waals surface area contributed by atoms with E-state index >= 15 is 0 Å². The third kappa shape index (κ3) is 3.36. The number of hydrogen-bond acceptors (Lipinski definition) is 6. The third-order valence-electron chi connectivity index (χ3n) is 3.10. The summed E-state index contributed by atoms with van der Waals surface area (Å²) in [4.78, 5) is 12.0. The summed E-state index contributed by atoms with van der Waals surface area (Å²) in [6, 6.07) is 3.61. The van der Waals surface area contributed by atoms with Crippen LogP contribution in [0.25, 0.3) is 10.8 Å². The molecule has 0 aromatic carbocycles. The lowest BCUT2D eigenvalue weighted by atomic mass is 9.97. The molecule has 6 nitrogen and oxygen atoms in total. The number of carbonyl (C=O) groups excluding carboxylic acids is 1. The largest absolute Gasteiger partial charge is 0.462 e. The van der Waals surface area contributed by atoms with Crippen LogP contribution in [0.3, 0.4) is 0 Å². The van der Waals surface area contributed by atoms with E-state index in [0.717, 1.165) is 25.9 Å². The summed E-state index contributed by atoms with van der Waals surface area (Å²) in [5.41, 5.74) is 0. The van der Waals surface area contributed by atoms with Crippen molar-refractivity contribution in [3.05, 3.63) is 18.4 Å². The molecule has 0 atom stereocenters. The zero-order chi connectivity index (χ0) is 13.1. The van der Waals surface area contributed by atoms with Gasteiger partial charge in [-0.3, -0.25) is 4.79 Å².